The molecule has 0 saturated carbocycles. The van der Waals surface area contributed by atoms with Crippen LogP contribution in [0.25, 0.3) is 22.3 Å². The number of carbonyl (C=O) groups excluding carboxylic acids is 1. The summed E-state index contributed by atoms with van der Waals surface area (Å²) >= 11 is 0. The number of hydrogen-bond donors (Lipinski definition) is 1. The van der Waals surface area contributed by atoms with Crippen molar-refractivity contribution in [2.24, 2.45) is 0 Å². The molecule has 1 N–H and O–H groups in total. The van der Waals surface area contributed by atoms with Crippen molar-refractivity contribution in [3.05, 3.63) is 72.9 Å². The highest BCUT2D eigenvalue weighted by molar-refractivity contribution is 6.23. The van der Waals surface area contributed by atoms with Gasteiger partial charge in [-0.25, -0.2) is 9.97 Å². The quantitative estimate of drug-likeness (QED) is 0.446. The van der Waals surface area contributed by atoms with Crippen LogP contribution in [-0.4, -0.2) is 71.6 Å². The van der Waals surface area contributed by atoms with E-state index >= 15 is 0 Å². The van der Waals surface area contributed by atoms with Crippen LogP contribution in [-0.2, 0) is 4.65 Å². The van der Waals surface area contributed by atoms with Gasteiger partial charge in [0.25, 0.3) is 5.91 Å². The third-order valence-corrected chi connectivity index (χ3v) is 5.69. The van der Waals surface area contributed by atoms with Gasteiger partial charge in [0.15, 0.2) is 5.82 Å². The third kappa shape index (κ3) is 4.73. The maximum atomic E-state index is 13.1. The van der Waals surface area contributed by atoms with Gasteiger partial charge in [-0.05, 0) is 24.3 Å². The molecule has 34 heavy (non-hydrogen) atoms. The van der Waals surface area contributed by atoms with Crippen molar-refractivity contribution >= 4 is 35.8 Å². The lowest BCUT2D eigenvalue weighted by molar-refractivity contribution is 0.102. The minimum atomic E-state index is -0.321. The van der Waals surface area contributed by atoms with E-state index in [-0.39, 0.29) is 11.6 Å². The molecule has 1 aliphatic rings. The number of para-hydroxylation sites is 1. The van der Waals surface area contributed by atoms with Gasteiger partial charge in [0.05, 0.1) is 23.1 Å². The van der Waals surface area contributed by atoms with Gasteiger partial charge in [-0.15, -0.1) is 0 Å². The molecule has 0 atom stereocenters. The predicted octanol–water partition coefficient (Wildman–Crippen LogP) is 2.64. The number of rotatable bonds is 6. The molecule has 1 aromatic carbocycles. The predicted molar refractivity (Wildman–Crippen MR) is 132 cm³/mol. The topological polar surface area (TPSA) is 96.4 Å². The Kier molecular flexibility index (Phi) is 6.41. The van der Waals surface area contributed by atoms with Gasteiger partial charge in [-0.2, -0.15) is 0 Å². The molecule has 169 valence electrons. The summed E-state index contributed by atoms with van der Waals surface area (Å²) in [7, 11) is 3.39. The number of aromatic nitrogens is 4. The van der Waals surface area contributed by atoms with Gasteiger partial charge in [0.2, 0.25) is 0 Å². The van der Waals surface area contributed by atoms with E-state index in [1.807, 2.05) is 36.4 Å². The minimum absolute atomic E-state index is 0.271. The molecular formula is C24H23BN7O2. The van der Waals surface area contributed by atoms with Crippen molar-refractivity contribution in [1.82, 2.24) is 24.7 Å². The zero-order valence-electron chi connectivity index (χ0n) is 18.8. The van der Waals surface area contributed by atoms with Crippen LogP contribution in [0.3, 0.4) is 0 Å². The summed E-state index contributed by atoms with van der Waals surface area (Å²) in [5.41, 5.74) is 3.48. The highest BCUT2D eigenvalue weighted by atomic mass is 16.4. The normalized spacial score (nSPS) is 14.2. The molecular weight excluding hydrogens is 429 g/mol. The van der Waals surface area contributed by atoms with E-state index in [0.717, 1.165) is 48.3 Å². The van der Waals surface area contributed by atoms with E-state index in [9.17, 15) is 4.79 Å². The Labute approximate surface area is 198 Å². The standard InChI is InChI=1S/C24H23BN7O2/c1-34-25-32-12-10-31(11-13-32)22-7-8-26-16-21(22)30-24(33)20-6-9-27-23(29-20)18-14-17-4-2-3-5-19(17)28-15-18/h2-9,14-16H,10-13H2,1H3,(H,30,33). The number of anilines is 2. The van der Waals surface area contributed by atoms with Crippen molar-refractivity contribution in [3.63, 3.8) is 0 Å². The molecule has 3 aromatic heterocycles. The van der Waals surface area contributed by atoms with Gasteiger partial charge in [-0.1, -0.05) is 18.2 Å². The summed E-state index contributed by atoms with van der Waals surface area (Å²) in [6.07, 6.45) is 6.70. The highest BCUT2D eigenvalue weighted by Gasteiger charge is 2.21. The molecule has 0 spiro atoms. The first-order valence-electron chi connectivity index (χ1n) is 11.0. The number of pyridine rings is 2. The molecule has 1 fully saturated rings. The van der Waals surface area contributed by atoms with E-state index in [2.05, 4.69) is 35.0 Å². The maximum absolute atomic E-state index is 13.1. The lowest BCUT2D eigenvalue weighted by Gasteiger charge is -2.36. The van der Waals surface area contributed by atoms with Crippen molar-refractivity contribution in [1.29, 1.82) is 0 Å². The van der Waals surface area contributed by atoms with Crippen LogP contribution >= 0.6 is 0 Å². The fraction of sp³-hybridized carbons (Fsp3) is 0.208. The zero-order chi connectivity index (χ0) is 23.3. The van der Waals surface area contributed by atoms with Gasteiger partial charge in [0, 0.05) is 62.8 Å². The molecule has 1 aliphatic heterocycles. The first kappa shape index (κ1) is 21.9. The number of hydrogen-bond acceptors (Lipinski definition) is 8. The Morgan fingerprint density at radius 2 is 1.88 bits per heavy atom. The number of nitrogens with zero attached hydrogens (tertiary/aromatic N) is 6. The number of piperazine rings is 1. The van der Waals surface area contributed by atoms with Gasteiger partial charge in [0.1, 0.15) is 5.69 Å². The molecule has 9 nitrogen and oxygen atoms in total. The van der Waals surface area contributed by atoms with E-state index in [1.54, 1.807) is 45.6 Å². The average molecular weight is 452 g/mol. The Morgan fingerprint density at radius 3 is 2.74 bits per heavy atom. The Morgan fingerprint density at radius 1 is 1.03 bits per heavy atom. The third-order valence-electron chi connectivity index (χ3n) is 5.69. The smallest absolute Gasteiger partial charge is 0.398 e. The lowest BCUT2D eigenvalue weighted by atomic mass is 10.1. The second-order valence-electron chi connectivity index (χ2n) is 7.89. The Hall–Kier alpha value is -3.89. The van der Waals surface area contributed by atoms with Crippen LogP contribution in [0.2, 0.25) is 0 Å². The molecule has 1 radical (unpaired) electrons. The van der Waals surface area contributed by atoms with Crippen LogP contribution < -0.4 is 10.2 Å². The summed E-state index contributed by atoms with van der Waals surface area (Å²) in [6, 6.07) is 13.3. The van der Waals surface area contributed by atoms with Gasteiger partial charge >= 0.3 is 7.62 Å². The lowest BCUT2D eigenvalue weighted by Crippen LogP contribution is -2.48. The molecule has 4 aromatic rings. The van der Waals surface area contributed by atoms with Crippen LogP contribution in [0.15, 0.2) is 67.3 Å². The fourth-order valence-electron chi connectivity index (χ4n) is 3.98. The van der Waals surface area contributed by atoms with E-state index < -0.39 is 0 Å². The first-order chi connectivity index (χ1) is 16.7. The SMILES string of the molecule is CO[B]N1CCN(c2ccncc2NC(=O)c2ccnc(-c3cnc4ccccc4c3)n2)CC1. The van der Waals surface area contributed by atoms with Crippen molar-refractivity contribution < 1.29 is 9.45 Å². The summed E-state index contributed by atoms with van der Waals surface area (Å²) in [4.78, 5) is 35.0. The number of benzene rings is 1. The molecule has 0 aliphatic carbocycles. The highest BCUT2D eigenvalue weighted by Crippen LogP contribution is 2.26. The van der Waals surface area contributed by atoms with Crippen LogP contribution in [0, 0.1) is 0 Å². The zero-order valence-corrected chi connectivity index (χ0v) is 18.8. The molecule has 5 rings (SSSR count). The first-order valence-corrected chi connectivity index (χ1v) is 11.0. The fourth-order valence-corrected chi connectivity index (χ4v) is 3.98. The molecule has 0 unspecified atom stereocenters. The van der Waals surface area contributed by atoms with Crippen LogP contribution in [0.4, 0.5) is 11.4 Å². The minimum Gasteiger partial charge on any atom is -0.427 e. The van der Waals surface area contributed by atoms with Crippen molar-refractivity contribution in [3.8, 4) is 11.4 Å². The molecule has 1 amide bonds. The van der Waals surface area contributed by atoms with Crippen molar-refractivity contribution in [2.45, 2.75) is 0 Å². The summed E-state index contributed by atoms with van der Waals surface area (Å²) in [6.45, 7) is 3.27. The summed E-state index contributed by atoms with van der Waals surface area (Å²) in [5.74, 6) is 0.126. The molecule has 0 bridgehead atoms. The second kappa shape index (κ2) is 9.94. The van der Waals surface area contributed by atoms with Gasteiger partial charge in [-0.3, -0.25) is 14.8 Å². The number of fused-ring (bicyclic) bond motifs is 1. The van der Waals surface area contributed by atoms with Crippen molar-refractivity contribution in [2.75, 3.05) is 43.5 Å². The number of carbonyl (C=O) groups is 1. The van der Waals surface area contributed by atoms with E-state index in [1.165, 1.54) is 0 Å². The van der Waals surface area contributed by atoms with E-state index in [4.69, 9.17) is 4.65 Å². The monoisotopic (exact) mass is 452 g/mol. The molecule has 10 heteroatoms. The molecule has 1 saturated heterocycles. The number of nitrogens with one attached hydrogen (secondary N) is 1. The van der Waals surface area contributed by atoms with Crippen LogP contribution in [0.1, 0.15) is 10.5 Å². The van der Waals surface area contributed by atoms with E-state index in [0.29, 0.717) is 11.5 Å². The largest absolute Gasteiger partial charge is 0.427 e. The molecule has 4 heterocycles. The average Bonchev–Trinajstić information content (AvgIpc) is 2.89. The summed E-state index contributed by atoms with van der Waals surface area (Å²) in [5, 5.41) is 3.96. The number of amides is 1. The Bertz CT molecular complexity index is 1310. The van der Waals surface area contributed by atoms with Gasteiger partial charge < -0.3 is 19.7 Å². The maximum Gasteiger partial charge on any atom is 0.398 e. The summed E-state index contributed by atoms with van der Waals surface area (Å²) < 4.78 is 5.11. The van der Waals surface area contributed by atoms with Crippen LogP contribution in [0.5, 0.6) is 0 Å². The second-order valence-corrected chi connectivity index (χ2v) is 7.89. The Balaban J connectivity index is 1.34.